The monoisotopic (exact) mass is 193 g/mol. The van der Waals surface area contributed by atoms with Gasteiger partial charge in [0.1, 0.15) is 12.0 Å². The Bertz CT molecular complexity index is 323. The lowest BCUT2D eigenvalue weighted by Crippen LogP contribution is -2.04. The summed E-state index contributed by atoms with van der Waals surface area (Å²) in [5, 5.41) is 0. The van der Waals surface area contributed by atoms with Crippen LogP contribution in [0, 0.1) is 0 Å². The SMILES string of the molecule is CCOc1cccc(N)c1C(C)C=O. The molecule has 0 heterocycles. The molecule has 1 atom stereocenters. The van der Waals surface area contributed by atoms with E-state index in [2.05, 4.69) is 0 Å². The fourth-order valence-electron chi connectivity index (χ4n) is 1.40. The molecule has 0 aliphatic heterocycles. The molecule has 0 bridgehead atoms. The van der Waals surface area contributed by atoms with Gasteiger partial charge in [-0.15, -0.1) is 0 Å². The van der Waals surface area contributed by atoms with Crippen LogP contribution in [0.5, 0.6) is 5.75 Å². The van der Waals surface area contributed by atoms with Crippen molar-refractivity contribution in [1.29, 1.82) is 0 Å². The lowest BCUT2D eigenvalue weighted by atomic mass is 10.00. The van der Waals surface area contributed by atoms with Gasteiger partial charge in [0.25, 0.3) is 0 Å². The van der Waals surface area contributed by atoms with Crippen LogP contribution in [-0.2, 0) is 4.79 Å². The minimum absolute atomic E-state index is 0.224. The van der Waals surface area contributed by atoms with Gasteiger partial charge in [0.15, 0.2) is 0 Å². The van der Waals surface area contributed by atoms with Gasteiger partial charge < -0.3 is 15.3 Å². The number of hydrogen-bond acceptors (Lipinski definition) is 3. The molecule has 0 aromatic heterocycles. The number of benzene rings is 1. The quantitative estimate of drug-likeness (QED) is 0.587. The van der Waals surface area contributed by atoms with Gasteiger partial charge in [0.05, 0.1) is 6.61 Å². The summed E-state index contributed by atoms with van der Waals surface area (Å²) < 4.78 is 5.40. The molecule has 1 unspecified atom stereocenters. The zero-order valence-corrected chi connectivity index (χ0v) is 8.49. The summed E-state index contributed by atoms with van der Waals surface area (Å²) in [7, 11) is 0. The number of nitrogens with two attached hydrogens (primary N) is 1. The van der Waals surface area contributed by atoms with Gasteiger partial charge in [-0.2, -0.15) is 0 Å². The molecule has 14 heavy (non-hydrogen) atoms. The van der Waals surface area contributed by atoms with Crippen molar-refractivity contribution in [2.75, 3.05) is 12.3 Å². The first-order valence-corrected chi connectivity index (χ1v) is 4.67. The summed E-state index contributed by atoms with van der Waals surface area (Å²) >= 11 is 0. The van der Waals surface area contributed by atoms with Gasteiger partial charge in [-0.3, -0.25) is 0 Å². The van der Waals surface area contributed by atoms with Gasteiger partial charge in [-0.25, -0.2) is 0 Å². The van der Waals surface area contributed by atoms with Crippen LogP contribution in [0.3, 0.4) is 0 Å². The summed E-state index contributed by atoms with van der Waals surface area (Å²) in [4.78, 5) is 10.7. The maximum Gasteiger partial charge on any atom is 0.127 e. The first-order valence-electron chi connectivity index (χ1n) is 4.67. The molecule has 0 aliphatic rings. The minimum Gasteiger partial charge on any atom is -0.493 e. The van der Waals surface area contributed by atoms with Crippen molar-refractivity contribution in [3.05, 3.63) is 23.8 Å². The molecule has 2 N–H and O–H groups in total. The smallest absolute Gasteiger partial charge is 0.127 e. The summed E-state index contributed by atoms with van der Waals surface area (Å²) in [6, 6.07) is 5.42. The standard InChI is InChI=1S/C11H15NO2/c1-3-14-10-6-4-5-9(12)11(10)8(2)7-13/h4-8H,3,12H2,1-2H3. The topological polar surface area (TPSA) is 52.3 Å². The fraction of sp³-hybridized carbons (Fsp3) is 0.364. The number of hydrogen-bond donors (Lipinski definition) is 1. The van der Waals surface area contributed by atoms with Gasteiger partial charge in [-0.1, -0.05) is 13.0 Å². The highest BCUT2D eigenvalue weighted by Crippen LogP contribution is 2.30. The van der Waals surface area contributed by atoms with Crippen LogP contribution in [0.15, 0.2) is 18.2 Å². The highest BCUT2D eigenvalue weighted by molar-refractivity contribution is 5.70. The molecule has 3 nitrogen and oxygen atoms in total. The van der Waals surface area contributed by atoms with Crippen molar-refractivity contribution in [3.8, 4) is 5.75 Å². The Labute approximate surface area is 83.9 Å². The van der Waals surface area contributed by atoms with Crippen LogP contribution in [0.2, 0.25) is 0 Å². The predicted octanol–water partition coefficient (Wildman–Crippen LogP) is 1.97. The average Bonchev–Trinajstić information content (AvgIpc) is 2.18. The molecule has 0 spiro atoms. The van der Waals surface area contributed by atoms with Crippen molar-refractivity contribution >= 4 is 12.0 Å². The van der Waals surface area contributed by atoms with Crippen molar-refractivity contribution in [3.63, 3.8) is 0 Å². The van der Waals surface area contributed by atoms with Crippen LogP contribution in [0.4, 0.5) is 5.69 Å². The summed E-state index contributed by atoms with van der Waals surface area (Å²) in [5.41, 5.74) is 7.18. The Kier molecular flexibility index (Phi) is 3.51. The third-order valence-corrected chi connectivity index (χ3v) is 2.06. The van der Waals surface area contributed by atoms with E-state index < -0.39 is 0 Å². The molecule has 3 heteroatoms. The second-order valence-electron chi connectivity index (χ2n) is 3.12. The lowest BCUT2D eigenvalue weighted by molar-refractivity contribution is -0.108. The Morgan fingerprint density at radius 1 is 1.57 bits per heavy atom. The maximum atomic E-state index is 10.7. The van der Waals surface area contributed by atoms with Crippen LogP contribution in [0.1, 0.15) is 25.3 Å². The van der Waals surface area contributed by atoms with E-state index in [1.807, 2.05) is 19.1 Å². The zero-order chi connectivity index (χ0) is 10.6. The molecular weight excluding hydrogens is 178 g/mol. The van der Waals surface area contributed by atoms with Gasteiger partial charge in [0, 0.05) is 17.2 Å². The number of nitrogen functional groups attached to an aromatic ring is 1. The fourth-order valence-corrected chi connectivity index (χ4v) is 1.40. The first-order chi connectivity index (χ1) is 6.70. The second-order valence-corrected chi connectivity index (χ2v) is 3.12. The van der Waals surface area contributed by atoms with Crippen LogP contribution in [0.25, 0.3) is 0 Å². The second kappa shape index (κ2) is 4.65. The molecule has 0 fully saturated rings. The molecule has 1 aromatic rings. The van der Waals surface area contributed by atoms with Crippen LogP contribution >= 0.6 is 0 Å². The third kappa shape index (κ3) is 2.05. The van der Waals surface area contributed by atoms with Crippen LogP contribution in [-0.4, -0.2) is 12.9 Å². The highest BCUT2D eigenvalue weighted by atomic mass is 16.5. The van der Waals surface area contributed by atoms with E-state index in [1.165, 1.54) is 0 Å². The molecule has 0 amide bonds. The largest absolute Gasteiger partial charge is 0.493 e. The highest BCUT2D eigenvalue weighted by Gasteiger charge is 2.13. The molecule has 1 aromatic carbocycles. The van der Waals surface area contributed by atoms with E-state index >= 15 is 0 Å². The van der Waals surface area contributed by atoms with Crippen LogP contribution < -0.4 is 10.5 Å². The van der Waals surface area contributed by atoms with Crippen molar-refractivity contribution in [1.82, 2.24) is 0 Å². The predicted molar refractivity (Wildman–Crippen MR) is 56.5 cm³/mol. The van der Waals surface area contributed by atoms with E-state index in [9.17, 15) is 4.79 Å². The van der Waals surface area contributed by atoms with E-state index in [0.717, 1.165) is 11.8 Å². The van der Waals surface area contributed by atoms with Gasteiger partial charge in [-0.05, 0) is 19.1 Å². The summed E-state index contributed by atoms with van der Waals surface area (Å²) in [6.45, 7) is 4.28. The van der Waals surface area contributed by atoms with E-state index in [0.29, 0.717) is 18.0 Å². The number of aldehydes is 1. The van der Waals surface area contributed by atoms with Crippen molar-refractivity contribution in [2.24, 2.45) is 0 Å². The lowest BCUT2D eigenvalue weighted by Gasteiger charge is -2.14. The number of anilines is 1. The number of carbonyl (C=O) groups is 1. The Hall–Kier alpha value is -1.51. The normalized spacial score (nSPS) is 12.1. The van der Waals surface area contributed by atoms with Crippen molar-refractivity contribution in [2.45, 2.75) is 19.8 Å². The summed E-state index contributed by atoms with van der Waals surface area (Å²) in [6.07, 6.45) is 0.869. The Morgan fingerprint density at radius 2 is 2.29 bits per heavy atom. The average molecular weight is 193 g/mol. The maximum absolute atomic E-state index is 10.7. The molecule has 0 saturated heterocycles. The molecule has 0 saturated carbocycles. The van der Waals surface area contributed by atoms with Gasteiger partial charge >= 0.3 is 0 Å². The number of carbonyl (C=O) groups excluding carboxylic acids is 1. The Morgan fingerprint density at radius 3 is 2.86 bits per heavy atom. The Balaban J connectivity index is 3.14. The molecule has 0 radical (unpaired) electrons. The van der Waals surface area contributed by atoms with Crippen molar-refractivity contribution < 1.29 is 9.53 Å². The first kappa shape index (κ1) is 10.6. The third-order valence-electron chi connectivity index (χ3n) is 2.06. The van der Waals surface area contributed by atoms with Gasteiger partial charge in [0.2, 0.25) is 0 Å². The molecular formula is C11H15NO2. The van der Waals surface area contributed by atoms with E-state index in [4.69, 9.17) is 10.5 Å². The van der Waals surface area contributed by atoms with E-state index in [-0.39, 0.29) is 5.92 Å². The summed E-state index contributed by atoms with van der Waals surface area (Å²) in [5.74, 6) is 0.477. The number of rotatable bonds is 4. The molecule has 0 aliphatic carbocycles. The molecule has 1 rings (SSSR count). The molecule has 76 valence electrons. The van der Waals surface area contributed by atoms with E-state index in [1.54, 1.807) is 13.0 Å². The number of ether oxygens (including phenoxy) is 1. The zero-order valence-electron chi connectivity index (χ0n) is 8.49. The minimum atomic E-state index is -0.224.